The Labute approximate surface area is 105 Å². The molecule has 0 saturated heterocycles. The number of rotatable bonds is 4. The lowest BCUT2D eigenvalue weighted by Crippen LogP contribution is -2.37. The predicted octanol–water partition coefficient (Wildman–Crippen LogP) is 1.34. The van der Waals surface area contributed by atoms with Gasteiger partial charge in [-0.2, -0.15) is 0 Å². The molecule has 6 heteroatoms. The van der Waals surface area contributed by atoms with Gasteiger partial charge in [0, 0.05) is 5.41 Å². The molecule has 2 N–H and O–H groups in total. The molecule has 1 aromatic heterocycles. The van der Waals surface area contributed by atoms with Crippen LogP contribution in [0.1, 0.15) is 49.5 Å². The van der Waals surface area contributed by atoms with Gasteiger partial charge in [0.2, 0.25) is 0 Å². The van der Waals surface area contributed by atoms with Crippen LogP contribution in [0.15, 0.2) is 0 Å². The third-order valence-electron chi connectivity index (χ3n) is 2.45. The molecule has 1 rings (SSSR count). The van der Waals surface area contributed by atoms with Crippen LogP contribution in [0.3, 0.4) is 0 Å². The van der Waals surface area contributed by atoms with Crippen LogP contribution in [0.4, 0.5) is 0 Å². The zero-order valence-corrected chi connectivity index (χ0v) is 11.5. The fourth-order valence-electron chi connectivity index (χ4n) is 1.36. The number of amides is 1. The van der Waals surface area contributed by atoms with Crippen molar-refractivity contribution in [2.45, 2.75) is 45.6 Å². The molecule has 0 aromatic carbocycles. The van der Waals surface area contributed by atoms with E-state index < -0.39 is 0 Å². The van der Waals surface area contributed by atoms with E-state index in [4.69, 9.17) is 5.11 Å². The van der Waals surface area contributed by atoms with Crippen LogP contribution in [-0.4, -0.2) is 33.2 Å². The molecule has 17 heavy (non-hydrogen) atoms. The van der Waals surface area contributed by atoms with E-state index in [1.165, 1.54) is 0 Å². The van der Waals surface area contributed by atoms with Gasteiger partial charge in [0.25, 0.3) is 5.91 Å². The van der Waals surface area contributed by atoms with Gasteiger partial charge in [0.05, 0.1) is 18.3 Å². The fraction of sp³-hybridized carbons (Fsp3) is 0.727. The first-order valence-corrected chi connectivity index (χ1v) is 6.42. The van der Waals surface area contributed by atoms with Gasteiger partial charge in [-0.3, -0.25) is 4.79 Å². The molecular formula is C11H19N3O2S. The van der Waals surface area contributed by atoms with E-state index in [1.54, 1.807) is 0 Å². The number of nitrogens with zero attached hydrogens (tertiary/aromatic N) is 2. The van der Waals surface area contributed by atoms with Crippen LogP contribution in [0.25, 0.3) is 0 Å². The average Bonchev–Trinajstić information content (AvgIpc) is 2.73. The van der Waals surface area contributed by atoms with Crippen molar-refractivity contribution in [1.82, 2.24) is 14.9 Å². The molecule has 0 spiro atoms. The Morgan fingerprint density at radius 2 is 2.18 bits per heavy atom. The monoisotopic (exact) mass is 257 g/mol. The molecule has 0 radical (unpaired) electrons. The summed E-state index contributed by atoms with van der Waals surface area (Å²) in [5.41, 5.74) is 0.494. The normalized spacial score (nSPS) is 13.5. The topological polar surface area (TPSA) is 75.1 Å². The van der Waals surface area contributed by atoms with Crippen molar-refractivity contribution in [2.75, 3.05) is 6.61 Å². The number of aliphatic hydroxyl groups is 1. The highest BCUT2D eigenvalue weighted by Crippen LogP contribution is 2.25. The van der Waals surface area contributed by atoms with Crippen molar-refractivity contribution in [3.63, 3.8) is 0 Å². The standard InChI is InChI=1S/C11H19N3O2S/c1-5-7(6-15)12-10(16)8-9(11(2,3)4)13-14-17-8/h7,15H,5-6H2,1-4H3,(H,12,16). The Morgan fingerprint density at radius 1 is 1.53 bits per heavy atom. The summed E-state index contributed by atoms with van der Waals surface area (Å²) >= 11 is 1.09. The number of hydrogen-bond acceptors (Lipinski definition) is 5. The van der Waals surface area contributed by atoms with Gasteiger partial charge in [-0.25, -0.2) is 0 Å². The lowest BCUT2D eigenvalue weighted by molar-refractivity contribution is 0.0916. The SMILES string of the molecule is CCC(CO)NC(=O)c1snnc1C(C)(C)C. The summed E-state index contributed by atoms with van der Waals surface area (Å²) in [5.74, 6) is -0.203. The molecule has 0 saturated carbocycles. The summed E-state index contributed by atoms with van der Waals surface area (Å²) < 4.78 is 3.84. The van der Waals surface area contributed by atoms with Crippen LogP contribution in [0.5, 0.6) is 0 Å². The second kappa shape index (κ2) is 5.55. The minimum atomic E-state index is -0.211. The van der Waals surface area contributed by atoms with Crippen LogP contribution in [0.2, 0.25) is 0 Å². The maximum absolute atomic E-state index is 12.0. The summed E-state index contributed by atoms with van der Waals surface area (Å²) in [7, 11) is 0. The lowest BCUT2D eigenvalue weighted by atomic mass is 9.91. The molecule has 0 fully saturated rings. The smallest absolute Gasteiger partial charge is 0.265 e. The Bertz CT molecular complexity index is 380. The maximum atomic E-state index is 12.0. The van der Waals surface area contributed by atoms with Gasteiger partial charge >= 0.3 is 0 Å². The van der Waals surface area contributed by atoms with Crippen molar-refractivity contribution in [3.8, 4) is 0 Å². The summed E-state index contributed by atoms with van der Waals surface area (Å²) in [6.07, 6.45) is 0.694. The summed E-state index contributed by atoms with van der Waals surface area (Å²) in [6.45, 7) is 7.83. The first-order chi connectivity index (χ1) is 7.90. The third-order valence-corrected chi connectivity index (χ3v) is 3.18. The maximum Gasteiger partial charge on any atom is 0.265 e. The minimum Gasteiger partial charge on any atom is -0.394 e. The van der Waals surface area contributed by atoms with Crippen molar-refractivity contribution in [1.29, 1.82) is 0 Å². The zero-order valence-electron chi connectivity index (χ0n) is 10.6. The highest BCUT2D eigenvalue weighted by molar-refractivity contribution is 7.08. The molecule has 1 unspecified atom stereocenters. The summed E-state index contributed by atoms with van der Waals surface area (Å²) in [4.78, 5) is 12.5. The number of nitrogens with one attached hydrogen (secondary N) is 1. The zero-order chi connectivity index (χ0) is 13.1. The second-order valence-electron chi connectivity index (χ2n) is 4.96. The fourth-order valence-corrected chi connectivity index (χ4v) is 2.14. The highest BCUT2D eigenvalue weighted by Gasteiger charge is 2.26. The van der Waals surface area contributed by atoms with E-state index >= 15 is 0 Å². The number of aromatic nitrogens is 2. The molecule has 0 bridgehead atoms. The van der Waals surface area contributed by atoms with Crippen molar-refractivity contribution >= 4 is 17.4 Å². The third kappa shape index (κ3) is 3.47. The Kier molecular flexibility index (Phi) is 4.59. The molecule has 0 aliphatic heterocycles. The molecular weight excluding hydrogens is 238 g/mol. The van der Waals surface area contributed by atoms with Gasteiger partial charge in [-0.1, -0.05) is 32.2 Å². The van der Waals surface area contributed by atoms with E-state index in [-0.39, 0.29) is 24.0 Å². The van der Waals surface area contributed by atoms with Crippen LogP contribution in [-0.2, 0) is 5.41 Å². The van der Waals surface area contributed by atoms with E-state index in [0.29, 0.717) is 17.0 Å². The quantitative estimate of drug-likeness (QED) is 0.853. The van der Waals surface area contributed by atoms with Gasteiger partial charge in [-0.05, 0) is 18.0 Å². The lowest BCUT2D eigenvalue weighted by Gasteiger charge is -2.18. The Balaban J connectivity index is 2.87. The minimum absolute atomic E-state index is 0.0562. The Morgan fingerprint density at radius 3 is 2.65 bits per heavy atom. The second-order valence-corrected chi connectivity index (χ2v) is 5.72. The molecule has 96 valence electrons. The van der Waals surface area contributed by atoms with Crippen LogP contribution < -0.4 is 5.32 Å². The van der Waals surface area contributed by atoms with Crippen molar-refractivity contribution < 1.29 is 9.90 Å². The van der Waals surface area contributed by atoms with E-state index in [0.717, 1.165) is 11.5 Å². The largest absolute Gasteiger partial charge is 0.394 e. The summed E-state index contributed by atoms with van der Waals surface area (Å²) in [6, 6.07) is -0.211. The number of carbonyl (C=O) groups is 1. The van der Waals surface area contributed by atoms with E-state index in [9.17, 15) is 4.79 Å². The molecule has 0 aliphatic rings. The first-order valence-electron chi connectivity index (χ1n) is 5.64. The first kappa shape index (κ1) is 14.1. The van der Waals surface area contributed by atoms with Crippen molar-refractivity contribution in [2.24, 2.45) is 0 Å². The van der Waals surface area contributed by atoms with E-state index in [1.807, 2.05) is 27.7 Å². The van der Waals surface area contributed by atoms with Crippen LogP contribution in [0, 0.1) is 0 Å². The van der Waals surface area contributed by atoms with Gasteiger partial charge in [0.15, 0.2) is 0 Å². The van der Waals surface area contributed by atoms with Crippen LogP contribution >= 0.6 is 11.5 Å². The molecule has 1 amide bonds. The Hall–Kier alpha value is -1.01. The van der Waals surface area contributed by atoms with Gasteiger partial charge < -0.3 is 10.4 Å². The number of aliphatic hydroxyl groups excluding tert-OH is 1. The molecule has 5 nitrogen and oxygen atoms in total. The average molecular weight is 257 g/mol. The van der Waals surface area contributed by atoms with E-state index in [2.05, 4.69) is 14.9 Å². The summed E-state index contributed by atoms with van der Waals surface area (Å²) in [5, 5.41) is 15.8. The number of hydrogen-bond donors (Lipinski definition) is 2. The van der Waals surface area contributed by atoms with Gasteiger partial charge in [0.1, 0.15) is 4.88 Å². The molecule has 1 aromatic rings. The number of carbonyl (C=O) groups excluding carboxylic acids is 1. The molecule has 1 atom stereocenters. The molecule has 0 aliphatic carbocycles. The van der Waals surface area contributed by atoms with Crippen molar-refractivity contribution in [3.05, 3.63) is 10.6 Å². The predicted molar refractivity (Wildman–Crippen MR) is 67.2 cm³/mol. The molecule has 1 heterocycles. The highest BCUT2D eigenvalue weighted by atomic mass is 32.1. The van der Waals surface area contributed by atoms with Gasteiger partial charge in [-0.15, -0.1) is 5.10 Å².